The summed E-state index contributed by atoms with van der Waals surface area (Å²) in [5, 5.41) is 0. The van der Waals surface area contributed by atoms with Crippen molar-refractivity contribution in [3.63, 3.8) is 0 Å². The molecule has 0 bridgehead atoms. The summed E-state index contributed by atoms with van der Waals surface area (Å²) >= 11 is 3.37. The van der Waals surface area contributed by atoms with Crippen LogP contribution in [-0.4, -0.2) is 4.98 Å². The monoisotopic (exact) mass is 296 g/mol. The van der Waals surface area contributed by atoms with E-state index in [1.807, 2.05) is 13.0 Å². The predicted octanol–water partition coefficient (Wildman–Crippen LogP) is 3.67. The molecule has 5 heteroatoms. The van der Waals surface area contributed by atoms with Gasteiger partial charge in [0, 0.05) is 12.3 Å². The van der Waals surface area contributed by atoms with Gasteiger partial charge in [0.25, 0.3) is 0 Å². The highest BCUT2D eigenvalue weighted by Gasteiger charge is 2.09. The molecule has 0 aliphatic rings. The topological polar surface area (TPSA) is 48.1 Å². The predicted molar refractivity (Wildman–Crippen MR) is 67.6 cm³/mol. The van der Waals surface area contributed by atoms with Crippen LogP contribution in [-0.2, 0) is 0 Å². The third-order valence-electron chi connectivity index (χ3n) is 2.23. The number of hydrogen-bond acceptors (Lipinski definition) is 3. The van der Waals surface area contributed by atoms with Crippen molar-refractivity contribution >= 4 is 21.6 Å². The van der Waals surface area contributed by atoms with Gasteiger partial charge in [0.1, 0.15) is 5.82 Å². The number of rotatable bonds is 2. The Hall–Kier alpha value is -1.62. The Bertz CT molecular complexity index is 560. The van der Waals surface area contributed by atoms with E-state index in [4.69, 9.17) is 10.5 Å². The van der Waals surface area contributed by atoms with Crippen molar-refractivity contribution in [2.75, 3.05) is 5.73 Å². The number of nitrogen functional groups attached to an aromatic ring is 1. The van der Waals surface area contributed by atoms with Crippen molar-refractivity contribution in [2.45, 2.75) is 6.92 Å². The Balaban J connectivity index is 2.35. The second kappa shape index (κ2) is 4.71. The van der Waals surface area contributed by atoms with Crippen molar-refractivity contribution in [1.29, 1.82) is 0 Å². The van der Waals surface area contributed by atoms with Gasteiger partial charge < -0.3 is 10.5 Å². The largest absolute Gasteiger partial charge is 0.436 e. The Kier molecular flexibility index (Phi) is 3.28. The van der Waals surface area contributed by atoms with Crippen molar-refractivity contribution in [3.8, 4) is 11.6 Å². The van der Waals surface area contributed by atoms with E-state index in [-0.39, 0.29) is 5.69 Å². The molecule has 1 heterocycles. The number of nitrogens with two attached hydrogens (primary N) is 1. The fourth-order valence-electron chi connectivity index (χ4n) is 1.30. The van der Waals surface area contributed by atoms with E-state index >= 15 is 0 Å². The molecule has 3 nitrogen and oxygen atoms in total. The lowest BCUT2D eigenvalue weighted by Gasteiger charge is -2.09. The van der Waals surface area contributed by atoms with Gasteiger partial charge in [0.15, 0.2) is 5.75 Å². The Morgan fingerprint density at radius 2 is 2.12 bits per heavy atom. The lowest BCUT2D eigenvalue weighted by atomic mass is 10.3. The van der Waals surface area contributed by atoms with E-state index in [1.54, 1.807) is 6.20 Å². The minimum absolute atomic E-state index is 0.236. The zero-order valence-corrected chi connectivity index (χ0v) is 10.7. The van der Waals surface area contributed by atoms with E-state index in [2.05, 4.69) is 20.9 Å². The zero-order chi connectivity index (χ0) is 12.4. The van der Waals surface area contributed by atoms with Gasteiger partial charge in [-0.1, -0.05) is 0 Å². The van der Waals surface area contributed by atoms with Crippen LogP contribution in [0.3, 0.4) is 0 Å². The number of aryl methyl sites for hydroxylation is 1. The Labute approximate surface area is 107 Å². The molecule has 0 amide bonds. The SMILES string of the molecule is Cc1ccnc(Oc2ccc(F)cc2N)c1Br. The lowest BCUT2D eigenvalue weighted by Crippen LogP contribution is -1.95. The van der Waals surface area contributed by atoms with Crippen molar-refractivity contribution in [1.82, 2.24) is 4.98 Å². The van der Waals surface area contributed by atoms with E-state index in [9.17, 15) is 4.39 Å². The van der Waals surface area contributed by atoms with E-state index in [0.29, 0.717) is 11.6 Å². The van der Waals surface area contributed by atoms with Gasteiger partial charge in [-0.15, -0.1) is 0 Å². The third-order valence-corrected chi connectivity index (χ3v) is 3.19. The van der Waals surface area contributed by atoms with Gasteiger partial charge in [0.05, 0.1) is 10.2 Å². The van der Waals surface area contributed by atoms with Crippen LogP contribution in [0.4, 0.5) is 10.1 Å². The second-order valence-corrected chi connectivity index (χ2v) is 4.32. The minimum atomic E-state index is -0.397. The number of halogens is 2. The first-order chi connectivity index (χ1) is 8.08. The molecule has 0 aliphatic carbocycles. The van der Waals surface area contributed by atoms with Crippen molar-refractivity contribution < 1.29 is 9.13 Å². The standard InChI is InChI=1S/C12H10BrFN2O/c1-7-4-5-16-12(11(7)13)17-10-3-2-8(14)6-9(10)15/h2-6H,15H2,1H3. The summed E-state index contributed by atoms with van der Waals surface area (Å²) in [6, 6.07) is 5.82. The summed E-state index contributed by atoms with van der Waals surface area (Å²) in [5.74, 6) is 0.389. The molecule has 0 unspecified atom stereocenters. The van der Waals surface area contributed by atoms with Gasteiger partial charge in [-0.2, -0.15) is 0 Å². The molecule has 0 aliphatic heterocycles. The average molecular weight is 297 g/mol. The highest BCUT2D eigenvalue weighted by atomic mass is 79.9. The summed E-state index contributed by atoms with van der Waals surface area (Å²) in [6.45, 7) is 1.92. The van der Waals surface area contributed by atoms with Crippen LogP contribution in [0.25, 0.3) is 0 Å². The molecule has 2 aromatic rings. The normalized spacial score (nSPS) is 10.3. The molecule has 2 N–H and O–H groups in total. The molecule has 1 aromatic heterocycles. The molecule has 1 aromatic carbocycles. The highest BCUT2D eigenvalue weighted by molar-refractivity contribution is 9.10. The third kappa shape index (κ3) is 2.55. The first-order valence-corrected chi connectivity index (χ1v) is 5.71. The number of benzene rings is 1. The van der Waals surface area contributed by atoms with Gasteiger partial charge in [0.2, 0.25) is 5.88 Å². The van der Waals surface area contributed by atoms with Gasteiger partial charge >= 0.3 is 0 Å². The lowest BCUT2D eigenvalue weighted by molar-refractivity contribution is 0.460. The highest BCUT2D eigenvalue weighted by Crippen LogP contribution is 2.32. The average Bonchev–Trinajstić information content (AvgIpc) is 2.28. The number of aromatic nitrogens is 1. The molecule has 88 valence electrons. The zero-order valence-electron chi connectivity index (χ0n) is 9.08. The number of nitrogens with zero attached hydrogens (tertiary/aromatic N) is 1. The molecule has 17 heavy (non-hydrogen) atoms. The fourth-order valence-corrected chi connectivity index (χ4v) is 1.62. The molecule has 2 rings (SSSR count). The van der Waals surface area contributed by atoms with E-state index in [1.165, 1.54) is 18.2 Å². The van der Waals surface area contributed by atoms with Crippen molar-refractivity contribution in [2.24, 2.45) is 0 Å². The van der Waals surface area contributed by atoms with Crippen LogP contribution >= 0.6 is 15.9 Å². The molecule has 0 fully saturated rings. The summed E-state index contributed by atoms with van der Waals surface area (Å²) in [4.78, 5) is 4.08. The van der Waals surface area contributed by atoms with E-state index < -0.39 is 5.82 Å². The summed E-state index contributed by atoms with van der Waals surface area (Å²) in [7, 11) is 0. The van der Waals surface area contributed by atoms with E-state index in [0.717, 1.165) is 10.0 Å². The summed E-state index contributed by atoms with van der Waals surface area (Å²) in [6.07, 6.45) is 1.63. The second-order valence-electron chi connectivity index (χ2n) is 3.53. The van der Waals surface area contributed by atoms with Crippen LogP contribution in [0.1, 0.15) is 5.56 Å². The fraction of sp³-hybridized carbons (Fsp3) is 0.0833. The molecule has 0 saturated carbocycles. The number of ether oxygens (including phenoxy) is 1. The maximum Gasteiger partial charge on any atom is 0.233 e. The van der Waals surface area contributed by atoms with Crippen LogP contribution in [0.2, 0.25) is 0 Å². The van der Waals surface area contributed by atoms with Crippen LogP contribution in [0.15, 0.2) is 34.9 Å². The van der Waals surface area contributed by atoms with Gasteiger partial charge in [-0.25, -0.2) is 9.37 Å². The van der Waals surface area contributed by atoms with Crippen LogP contribution in [0, 0.1) is 12.7 Å². The smallest absolute Gasteiger partial charge is 0.233 e. The maximum atomic E-state index is 12.9. The first kappa shape index (κ1) is 11.9. The van der Waals surface area contributed by atoms with Crippen molar-refractivity contribution in [3.05, 3.63) is 46.3 Å². The van der Waals surface area contributed by atoms with Crippen LogP contribution in [0.5, 0.6) is 11.6 Å². The molecular formula is C12H10BrFN2O. The molecule has 0 spiro atoms. The summed E-state index contributed by atoms with van der Waals surface area (Å²) < 4.78 is 19.1. The molecule has 0 atom stereocenters. The molecular weight excluding hydrogens is 287 g/mol. The minimum Gasteiger partial charge on any atom is -0.436 e. The van der Waals surface area contributed by atoms with Gasteiger partial charge in [-0.3, -0.25) is 0 Å². The number of hydrogen-bond donors (Lipinski definition) is 1. The Morgan fingerprint density at radius 3 is 2.82 bits per heavy atom. The maximum absolute atomic E-state index is 12.9. The summed E-state index contributed by atoms with van der Waals surface area (Å²) in [5.41, 5.74) is 6.88. The number of pyridine rings is 1. The number of anilines is 1. The van der Waals surface area contributed by atoms with Gasteiger partial charge in [-0.05, 0) is 46.6 Å². The first-order valence-electron chi connectivity index (χ1n) is 4.92. The quantitative estimate of drug-likeness (QED) is 0.860. The Morgan fingerprint density at radius 1 is 1.35 bits per heavy atom. The molecule has 0 saturated heterocycles. The van der Waals surface area contributed by atoms with Crippen LogP contribution < -0.4 is 10.5 Å². The molecule has 0 radical (unpaired) electrons.